The van der Waals surface area contributed by atoms with E-state index in [1.165, 1.54) is 0 Å². The summed E-state index contributed by atoms with van der Waals surface area (Å²) in [5.41, 5.74) is 5.70. The molecule has 0 spiro atoms. The van der Waals surface area contributed by atoms with Crippen LogP contribution >= 0.6 is 0 Å². The van der Waals surface area contributed by atoms with Gasteiger partial charge in [-0.3, -0.25) is 0 Å². The molecule has 0 N–H and O–H groups in total. The zero-order valence-corrected chi connectivity index (χ0v) is 28.2. The van der Waals surface area contributed by atoms with Crippen molar-refractivity contribution >= 4 is 76.2 Å². The number of benzene rings is 9. The second-order valence-corrected chi connectivity index (χ2v) is 13.2. The molecule has 0 aliphatic rings. The smallest absolute Gasteiger partial charge is 0.0645 e. The normalized spacial score (nSPS) is 14.2. The third-order valence-electron chi connectivity index (χ3n) is 10.2. The Labute approximate surface area is 318 Å². The Kier molecular flexibility index (Phi) is 4.86. The zero-order chi connectivity index (χ0) is 42.7. The van der Waals surface area contributed by atoms with Crippen LogP contribution in [-0.4, -0.2) is 13.7 Å². The molecular formula is C50H33N3. The van der Waals surface area contributed by atoms with Gasteiger partial charge in [0.1, 0.15) is 0 Å². The summed E-state index contributed by atoms with van der Waals surface area (Å²) in [6.45, 7) is 0. The quantitative estimate of drug-likeness (QED) is 0.165. The standard InChI is InChI=1S/C50H33N3/c1-3-13-38(14-4-1)51-40-17-9-11-36(29-40)37-12-10-18-41(30-37)52(43-26-24-35-22-21-34-23-25-42(51)31-47(34)48(35)32-43)44-27-28-46-45-19-7-8-20-49(45)53(50(46)33-44)39-15-5-2-6-16-39/h1-33H/i1D,3D,4D,7D,8D,13D,14D,19D,20D. The third-order valence-corrected chi connectivity index (χ3v) is 10.2. The van der Waals surface area contributed by atoms with Crippen LogP contribution in [0.4, 0.5) is 0 Å². The average Bonchev–Trinajstić information content (AvgIpc) is 3.65. The highest BCUT2D eigenvalue weighted by atomic mass is 15.0. The lowest BCUT2D eigenvalue weighted by molar-refractivity contribution is 1.14. The van der Waals surface area contributed by atoms with E-state index in [2.05, 4.69) is 41.0 Å². The molecule has 11 aromatic rings. The Morgan fingerprint density at radius 2 is 0.887 bits per heavy atom. The number of para-hydroxylation sites is 3. The van der Waals surface area contributed by atoms with Crippen LogP contribution < -0.4 is 0 Å². The van der Waals surface area contributed by atoms with Crippen molar-refractivity contribution in [3.63, 3.8) is 0 Å². The molecule has 8 bridgehead atoms. The van der Waals surface area contributed by atoms with E-state index in [0.717, 1.165) is 60.2 Å². The van der Waals surface area contributed by atoms with E-state index in [9.17, 15) is 0 Å². The highest BCUT2D eigenvalue weighted by Gasteiger charge is 2.14. The van der Waals surface area contributed by atoms with E-state index in [0.29, 0.717) is 27.3 Å². The largest absolute Gasteiger partial charge is 0.310 e. The van der Waals surface area contributed by atoms with Crippen molar-refractivity contribution in [3.8, 4) is 17.1 Å². The van der Waals surface area contributed by atoms with Gasteiger partial charge in [-0.25, -0.2) is 0 Å². The van der Waals surface area contributed by atoms with Crippen molar-refractivity contribution in [2.75, 3.05) is 0 Å². The van der Waals surface area contributed by atoms with Crippen molar-refractivity contribution < 1.29 is 12.3 Å². The summed E-state index contributed by atoms with van der Waals surface area (Å²) < 4.78 is 84.7. The highest BCUT2D eigenvalue weighted by Crippen LogP contribution is 2.35. The van der Waals surface area contributed by atoms with Gasteiger partial charge >= 0.3 is 0 Å². The molecule has 9 aromatic carbocycles. The topological polar surface area (TPSA) is 14.8 Å². The van der Waals surface area contributed by atoms with Gasteiger partial charge in [0.2, 0.25) is 0 Å². The Hall–Kier alpha value is -7.10. The highest BCUT2D eigenvalue weighted by molar-refractivity contribution is 6.11. The molecule has 3 nitrogen and oxygen atoms in total. The van der Waals surface area contributed by atoms with Gasteiger partial charge in [-0.05, 0) is 123 Å². The lowest BCUT2D eigenvalue weighted by atomic mass is 10.0. The van der Waals surface area contributed by atoms with Crippen LogP contribution in [0.1, 0.15) is 12.3 Å². The van der Waals surface area contributed by atoms with E-state index >= 15 is 0 Å². The number of aromatic nitrogens is 3. The van der Waals surface area contributed by atoms with Crippen molar-refractivity contribution in [2.45, 2.75) is 0 Å². The molecule has 0 aliphatic carbocycles. The first-order valence-electron chi connectivity index (χ1n) is 21.9. The van der Waals surface area contributed by atoms with E-state index in [4.69, 9.17) is 12.3 Å². The molecule has 0 fully saturated rings. The first-order valence-corrected chi connectivity index (χ1v) is 17.4. The number of hydrogen-bond acceptors (Lipinski definition) is 0. The van der Waals surface area contributed by atoms with E-state index in [1.807, 2.05) is 114 Å². The van der Waals surface area contributed by atoms with Gasteiger partial charge < -0.3 is 13.7 Å². The molecule has 0 atom stereocenters. The van der Waals surface area contributed by atoms with Gasteiger partial charge in [-0.2, -0.15) is 0 Å². The van der Waals surface area contributed by atoms with Gasteiger partial charge in [0, 0.05) is 49.9 Å². The molecule has 2 aromatic heterocycles. The van der Waals surface area contributed by atoms with E-state index in [-0.39, 0.29) is 41.9 Å². The fraction of sp³-hybridized carbons (Fsp3) is 0. The predicted molar refractivity (Wildman–Crippen MR) is 225 cm³/mol. The predicted octanol–water partition coefficient (Wildman–Crippen LogP) is 13.3. The van der Waals surface area contributed by atoms with Crippen LogP contribution in [0.5, 0.6) is 0 Å². The zero-order valence-electron chi connectivity index (χ0n) is 37.2. The molecule has 0 saturated carbocycles. The molecular weight excluding hydrogens is 643 g/mol. The molecule has 248 valence electrons. The lowest BCUT2D eigenvalue weighted by Gasteiger charge is -2.15. The third kappa shape index (κ3) is 4.75. The fourth-order valence-electron chi connectivity index (χ4n) is 7.85. The summed E-state index contributed by atoms with van der Waals surface area (Å²) in [5.74, 6) is 0. The first kappa shape index (κ1) is 22.0. The van der Waals surface area contributed by atoms with Crippen LogP contribution in [-0.2, 0) is 0 Å². The van der Waals surface area contributed by atoms with Gasteiger partial charge in [-0.15, -0.1) is 0 Å². The number of rotatable bonds is 3. The molecule has 0 amide bonds. The molecule has 0 unspecified atom stereocenters. The average molecular weight is 685 g/mol. The molecule has 0 radical (unpaired) electrons. The van der Waals surface area contributed by atoms with Crippen LogP contribution in [0.15, 0.2) is 200 Å². The number of hydrogen-bond donors (Lipinski definition) is 0. The van der Waals surface area contributed by atoms with Gasteiger partial charge in [0.15, 0.2) is 0 Å². The van der Waals surface area contributed by atoms with Crippen molar-refractivity contribution in [3.05, 3.63) is 200 Å². The number of fused-ring (bicyclic) bond motifs is 10. The molecule has 0 aliphatic heterocycles. The minimum atomic E-state index is -0.454. The Morgan fingerprint density at radius 1 is 0.302 bits per heavy atom. The minimum absolute atomic E-state index is 0.0525. The Morgan fingerprint density at radius 3 is 1.57 bits per heavy atom. The summed E-state index contributed by atoms with van der Waals surface area (Å²) in [7, 11) is 0. The van der Waals surface area contributed by atoms with Crippen molar-refractivity contribution in [2.24, 2.45) is 0 Å². The van der Waals surface area contributed by atoms with E-state index < -0.39 is 18.1 Å². The van der Waals surface area contributed by atoms with Crippen molar-refractivity contribution in [1.29, 1.82) is 0 Å². The summed E-state index contributed by atoms with van der Waals surface area (Å²) in [5, 5.41) is 6.68. The molecule has 3 heteroatoms. The fourth-order valence-corrected chi connectivity index (χ4v) is 7.85. The summed E-state index contributed by atoms with van der Waals surface area (Å²) in [6.07, 6.45) is 0. The summed E-state index contributed by atoms with van der Waals surface area (Å²) in [4.78, 5) is 0. The van der Waals surface area contributed by atoms with Crippen LogP contribution in [0, 0.1) is 0 Å². The maximum absolute atomic E-state index is 9.06. The van der Waals surface area contributed by atoms with Gasteiger partial charge in [0.05, 0.1) is 23.4 Å². The maximum atomic E-state index is 9.06. The Balaban J connectivity index is 1.31. The Bertz CT molecular complexity index is 3780. The van der Waals surface area contributed by atoms with Gasteiger partial charge in [0.25, 0.3) is 0 Å². The molecule has 53 heavy (non-hydrogen) atoms. The lowest BCUT2D eigenvalue weighted by Crippen LogP contribution is -1.99. The SMILES string of the molecule is [2H]c1c([2H])c([2H])c(-n2c3cccc(c3)c3cccc(c3)n(-c3ccc4c5c([2H])c([2H])c([2H])c([2H])c5n(-c5ccccc5)c4c3)c3ccc4ccc5ccc2cc5c4c3)c([2H])c1[2H]. The molecule has 0 saturated heterocycles. The second kappa shape index (κ2) is 11.7. The summed E-state index contributed by atoms with van der Waals surface area (Å²) in [6, 6.07) is 45.3. The van der Waals surface area contributed by atoms with Crippen LogP contribution in [0.25, 0.3) is 93.3 Å². The maximum Gasteiger partial charge on any atom is 0.0645 e. The van der Waals surface area contributed by atoms with E-state index in [1.54, 1.807) is 4.57 Å². The van der Waals surface area contributed by atoms with Crippen LogP contribution in [0.3, 0.4) is 0 Å². The minimum Gasteiger partial charge on any atom is -0.310 e. The van der Waals surface area contributed by atoms with Gasteiger partial charge in [-0.1, -0.05) is 109 Å². The summed E-state index contributed by atoms with van der Waals surface area (Å²) >= 11 is 0. The first-order chi connectivity index (χ1) is 30.0. The molecule has 2 heterocycles. The molecule has 11 rings (SSSR count). The second-order valence-electron chi connectivity index (χ2n) is 13.2. The van der Waals surface area contributed by atoms with Crippen molar-refractivity contribution in [1.82, 2.24) is 13.7 Å². The monoisotopic (exact) mass is 684 g/mol. The number of nitrogens with zero attached hydrogens (tertiary/aromatic N) is 3. The van der Waals surface area contributed by atoms with Crippen LogP contribution in [0.2, 0.25) is 0 Å².